The monoisotopic (exact) mass is 200 g/mol. The Morgan fingerprint density at radius 2 is 2.27 bits per heavy atom. The van der Waals surface area contributed by atoms with E-state index >= 15 is 0 Å². The fourth-order valence-electron chi connectivity index (χ4n) is 1.80. The first-order valence-electron chi connectivity index (χ1n) is 4.83. The first-order valence-corrected chi connectivity index (χ1v) is 4.83. The first kappa shape index (κ1) is 9.53. The van der Waals surface area contributed by atoms with Crippen LogP contribution in [-0.2, 0) is 6.54 Å². The van der Waals surface area contributed by atoms with Crippen LogP contribution in [0.15, 0.2) is 12.1 Å². The summed E-state index contributed by atoms with van der Waals surface area (Å²) < 4.78 is 2.08. The molecule has 2 N–H and O–H groups in total. The van der Waals surface area contributed by atoms with Gasteiger partial charge in [0, 0.05) is 6.54 Å². The minimum Gasteiger partial charge on any atom is -0.398 e. The lowest BCUT2D eigenvalue weighted by atomic mass is 10.2. The molecule has 0 saturated heterocycles. The molecule has 4 heteroatoms. The van der Waals surface area contributed by atoms with Gasteiger partial charge in [-0.15, -0.1) is 0 Å². The highest BCUT2D eigenvalue weighted by molar-refractivity contribution is 5.83. The third kappa shape index (κ3) is 1.33. The molecular weight excluding hydrogens is 188 g/mol. The fourth-order valence-corrected chi connectivity index (χ4v) is 1.80. The number of aromatic nitrogens is 2. The van der Waals surface area contributed by atoms with Crippen molar-refractivity contribution in [2.75, 3.05) is 5.73 Å². The highest BCUT2D eigenvalue weighted by atomic mass is 15.1. The van der Waals surface area contributed by atoms with E-state index in [1.54, 1.807) is 6.07 Å². The molecule has 4 nitrogen and oxygen atoms in total. The first-order chi connectivity index (χ1) is 7.17. The number of nitrogens with zero attached hydrogens (tertiary/aromatic N) is 3. The molecule has 0 aliphatic rings. The number of rotatable bonds is 1. The van der Waals surface area contributed by atoms with Crippen LogP contribution in [0.4, 0.5) is 5.69 Å². The average Bonchev–Trinajstić information content (AvgIpc) is 2.51. The Bertz CT molecular complexity index is 560. The van der Waals surface area contributed by atoms with Crippen molar-refractivity contribution in [3.63, 3.8) is 0 Å². The van der Waals surface area contributed by atoms with Gasteiger partial charge in [0.25, 0.3) is 0 Å². The highest BCUT2D eigenvalue weighted by Gasteiger charge is 2.08. The van der Waals surface area contributed by atoms with Crippen molar-refractivity contribution in [3.05, 3.63) is 23.5 Å². The lowest BCUT2D eigenvalue weighted by Crippen LogP contribution is -1.97. The van der Waals surface area contributed by atoms with Crippen molar-refractivity contribution in [1.82, 2.24) is 9.55 Å². The van der Waals surface area contributed by atoms with E-state index < -0.39 is 0 Å². The number of nitriles is 1. The van der Waals surface area contributed by atoms with Crippen LogP contribution in [-0.4, -0.2) is 9.55 Å². The molecule has 2 aromatic rings. The number of benzene rings is 1. The second-order valence-electron chi connectivity index (χ2n) is 3.44. The van der Waals surface area contributed by atoms with Gasteiger partial charge >= 0.3 is 0 Å². The van der Waals surface area contributed by atoms with Crippen molar-refractivity contribution in [3.8, 4) is 6.07 Å². The molecule has 1 aromatic heterocycles. The Balaban J connectivity index is 2.82. The normalized spacial score (nSPS) is 10.5. The Labute approximate surface area is 87.9 Å². The van der Waals surface area contributed by atoms with Crippen molar-refractivity contribution in [2.24, 2.45) is 0 Å². The lowest BCUT2D eigenvalue weighted by molar-refractivity contribution is 0.753. The molecule has 0 spiro atoms. The molecule has 0 aliphatic heterocycles. The molecule has 76 valence electrons. The minimum absolute atomic E-state index is 0.489. The number of aryl methyl sites for hydroxylation is 2. The second kappa shape index (κ2) is 3.28. The van der Waals surface area contributed by atoms with Gasteiger partial charge < -0.3 is 10.3 Å². The van der Waals surface area contributed by atoms with Crippen LogP contribution in [0.5, 0.6) is 0 Å². The molecule has 1 aromatic carbocycles. The molecule has 0 bridgehead atoms. The molecule has 0 unspecified atom stereocenters. The molecule has 0 fully saturated rings. The van der Waals surface area contributed by atoms with E-state index in [0.717, 1.165) is 23.4 Å². The quantitative estimate of drug-likeness (QED) is 0.714. The van der Waals surface area contributed by atoms with Gasteiger partial charge in [-0.2, -0.15) is 5.26 Å². The van der Waals surface area contributed by atoms with E-state index in [4.69, 9.17) is 11.0 Å². The Morgan fingerprint density at radius 1 is 1.53 bits per heavy atom. The van der Waals surface area contributed by atoms with E-state index in [2.05, 4.69) is 22.5 Å². The summed E-state index contributed by atoms with van der Waals surface area (Å²) in [6.07, 6.45) is 0. The largest absolute Gasteiger partial charge is 0.398 e. The van der Waals surface area contributed by atoms with Crippen molar-refractivity contribution < 1.29 is 0 Å². The average molecular weight is 200 g/mol. The lowest BCUT2D eigenvalue weighted by Gasteiger charge is -2.02. The number of nitrogen functional groups attached to an aromatic ring is 1. The Kier molecular flexibility index (Phi) is 2.09. The predicted octanol–water partition coefficient (Wildman–Crippen LogP) is 1.82. The van der Waals surface area contributed by atoms with Crippen LogP contribution in [0.1, 0.15) is 18.3 Å². The molecule has 15 heavy (non-hydrogen) atoms. The summed E-state index contributed by atoms with van der Waals surface area (Å²) in [5.41, 5.74) is 8.59. The zero-order valence-corrected chi connectivity index (χ0v) is 8.78. The van der Waals surface area contributed by atoms with Crippen LogP contribution in [0.25, 0.3) is 11.0 Å². The van der Waals surface area contributed by atoms with Crippen LogP contribution >= 0.6 is 0 Å². The fraction of sp³-hybridized carbons (Fsp3) is 0.273. The summed E-state index contributed by atoms with van der Waals surface area (Å²) in [4.78, 5) is 4.39. The van der Waals surface area contributed by atoms with E-state index in [0.29, 0.717) is 11.3 Å². The topological polar surface area (TPSA) is 67.6 Å². The third-order valence-electron chi connectivity index (χ3n) is 2.55. The van der Waals surface area contributed by atoms with Gasteiger partial charge in [0.05, 0.1) is 22.3 Å². The maximum absolute atomic E-state index is 8.85. The molecule has 1 heterocycles. The number of nitrogens with two attached hydrogens (primary N) is 1. The number of fused-ring (bicyclic) bond motifs is 1. The molecule has 0 saturated carbocycles. The van der Waals surface area contributed by atoms with E-state index in [9.17, 15) is 0 Å². The zero-order chi connectivity index (χ0) is 11.0. The molecule has 0 aliphatic carbocycles. The van der Waals surface area contributed by atoms with Gasteiger partial charge in [0.2, 0.25) is 0 Å². The number of anilines is 1. The summed E-state index contributed by atoms with van der Waals surface area (Å²) in [5.74, 6) is 0.946. The third-order valence-corrected chi connectivity index (χ3v) is 2.55. The summed E-state index contributed by atoms with van der Waals surface area (Å²) in [6, 6.07) is 5.62. The predicted molar refractivity (Wildman–Crippen MR) is 59.3 cm³/mol. The van der Waals surface area contributed by atoms with Crippen LogP contribution in [0.2, 0.25) is 0 Å². The zero-order valence-electron chi connectivity index (χ0n) is 8.78. The van der Waals surface area contributed by atoms with Gasteiger partial charge in [-0.1, -0.05) is 0 Å². The maximum atomic E-state index is 8.85. The van der Waals surface area contributed by atoms with Gasteiger partial charge in [-0.25, -0.2) is 4.98 Å². The molecule has 0 amide bonds. The summed E-state index contributed by atoms with van der Waals surface area (Å²) in [7, 11) is 0. The van der Waals surface area contributed by atoms with Gasteiger partial charge in [-0.05, 0) is 26.0 Å². The van der Waals surface area contributed by atoms with Crippen molar-refractivity contribution in [1.29, 1.82) is 5.26 Å². The molecule has 0 atom stereocenters. The number of hydrogen-bond donors (Lipinski definition) is 1. The Hall–Kier alpha value is -2.02. The van der Waals surface area contributed by atoms with Gasteiger partial charge in [-0.3, -0.25) is 0 Å². The van der Waals surface area contributed by atoms with Gasteiger partial charge in [0.15, 0.2) is 0 Å². The van der Waals surface area contributed by atoms with E-state index in [-0.39, 0.29) is 0 Å². The SMILES string of the molecule is CCn1c(C)nc2cc(C#N)c(N)cc21. The van der Waals surface area contributed by atoms with Gasteiger partial charge in [0.1, 0.15) is 11.9 Å². The number of imidazole rings is 1. The summed E-state index contributed by atoms with van der Waals surface area (Å²) >= 11 is 0. The summed E-state index contributed by atoms with van der Waals surface area (Å²) in [6.45, 7) is 4.86. The van der Waals surface area contributed by atoms with E-state index in [1.807, 2.05) is 13.0 Å². The smallest absolute Gasteiger partial charge is 0.106 e. The second-order valence-corrected chi connectivity index (χ2v) is 3.44. The summed E-state index contributed by atoms with van der Waals surface area (Å²) in [5, 5.41) is 8.85. The van der Waals surface area contributed by atoms with Crippen LogP contribution < -0.4 is 5.73 Å². The van der Waals surface area contributed by atoms with Crippen molar-refractivity contribution in [2.45, 2.75) is 20.4 Å². The number of hydrogen-bond acceptors (Lipinski definition) is 3. The maximum Gasteiger partial charge on any atom is 0.106 e. The molecule has 0 radical (unpaired) electrons. The van der Waals surface area contributed by atoms with Crippen LogP contribution in [0, 0.1) is 18.3 Å². The standard InChI is InChI=1S/C11H12N4/c1-3-15-7(2)14-10-4-8(6-12)9(13)5-11(10)15/h4-5H,3,13H2,1-2H3. The van der Waals surface area contributed by atoms with Crippen molar-refractivity contribution >= 4 is 16.7 Å². The Morgan fingerprint density at radius 3 is 2.87 bits per heavy atom. The van der Waals surface area contributed by atoms with E-state index in [1.165, 1.54) is 0 Å². The molecular formula is C11H12N4. The minimum atomic E-state index is 0.489. The highest BCUT2D eigenvalue weighted by Crippen LogP contribution is 2.22. The molecule has 2 rings (SSSR count). The van der Waals surface area contributed by atoms with Crippen LogP contribution in [0.3, 0.4) is 0 Å².